The van der Waals surface area contributed by atoms with Gasteiger partial charge in [-0.15, -0.1) is 0 Å². The molecule has 174 valence electrons. The first-order valence-electron chi connectivity index (χ1n) is 12.8. The Hall–Kier alpha value is -0.870. The van der Waals surface area contributed by atoms with Gasteiger partial charge in [0.2, 0.25) is 0 Å². The third-order valence-corrected chi connectivity index (χ3v) is 10.8. The highest BCUT2D eigenvalue weighted by atomic mass is 16.7. The van der Waals surface area contributed by atoms with E-state index in [1.54, 1.807) is 5.57 Å². The van der Waals surface area contributed by atoms with E-state index in [1.165, 1.54) is 25.7 Å². The van der Waals surface area contributed by atoms with Crippen molar-refractivity contribution in [2.75, 3.05) is 19.8 Å². The molecule has 0 radical (unpaired) electrons. The van der Waals surface area contributed by atoms with E-state index < -0.39 is 0 Å². The van der Waals surface area contributed by atoms with E-state index in [-0.39, 0.29) is 28.0 Å². The molecule has 0 N–H and O–H groups in total. The topological polar surface area (TPSA) is 44.8 Å². The zero-order valence-corrected chi connectivity index (χ0v) is 20.4. The van der Waals surface area contributed by atoms with E-state index >= 15 is 0 Å². The van der Waals surface area contributed by atoms with Crippen molar-refractivity contribution in [1.82, 2.24) is 0 Å². The SMILES string of the molecule is CCOC(=O)CC[C@H]1CC=C2C3(C)CCC4(OCCO4)C(C)(C)[C@@H]3CCC2(C)C12CC2. The molecule has 0 amide bonds. The molecule has 0 aromatic rings. The fourth-order valence-electron chi connectivity index (χ4n) is 9.08. The molecule has 0 aromatic carbocycles. The molecular weight excluding hydrogens is 388 g/mol. The monoisotopic (exact) mass is 430 g/mol. The Bertz CT molecular complexity index is 772. The second-order valence-corrected chi connectivity index (χ2v) is 12.1. The lowest BCUT2D eigenvalue weighted by Gasteiger charge is -2.66. The summed E-state index contributed by atoms with van der Waals surface area (Å²) < 4.78 is 17.9. The highest BCUT2D eigenvalue weighted by Gasteiger charge is 2.71. The molecule has 4 fully saturated rings. The van der Waals surface area contributed by atoms with E-state index in [9.17, 15) is 4.79 Å². The summed E-state index contributed by atoms with van der Waals surface area (Å²) in [6, 6.07) is 0. The Balaban J connectivity index is 1.44. The first-order valence-corrected chi connectivity index (χ1v) is 12.8. The Morgan fingerprint density at radius 2 is 1.77 bits per heavy atom. The summed E-state index contributed by atoms with van der Waals surface area (Å²) >= 11 is 0. The van der Waals surface area contributed by atoms with Crippen LogP contribution in [0.1, 0.15) is 92.4 Å². The van der Waals surface area contributed by atoms with Crippen LogP contribution in [0.2, 0.25) is 0 Å². The number of esters is 1. The van der Waals surface area contributed by atoms with Gasteiger partial charge in [-0.1, -0.05) is 39.3 Å². The number of hydrogen-bond donors (Lipinski definition) is 0. The van der Waals surface area contributed by atoms with Crippen LogP contribution in [0.4, 0.5) is 0 Å². The fourth-order valence-corrected chi connectivity index (χ4v) is 9.08. The Morgan fingerprint density at radius 1 is 1.06 bits per heavy atom. The second kappa shape index (κ2) is 7.06. The molecule has 0 aromatic heterocycles. The van der Waals surface area contributed by atoms with Gasteiger partial charge >= 0.3 is 5.97 Å². The van der Waals surface area contributed by atoms with Crippen molar-refractivity contribution in [1.29, 1.82) is 0 Å². The maximum absolute atomic E-state index is 12.1. The minimum Gasteiger partial charge on any atom is -0.466 e. The molecule has 1 heterocycles. The van der Waals surface area contributed by atoms with E-state index in [2.05, 4.69) is 33.8 Å². The molecule has 4 atom stereocenters. The first kappa shape index (κ1) is 21.9. The molecule has 31 heavy (non-hydrogen) atoms. The average molecular weight is 431 g/mol. The lowest BCUT2D eigenvalue weighted by molar-refractivity contribution is -0.286. The van der Waals surface area contributed by atoms with Crippen LogP contribution in [0, 0.1) is 33.5 Å². The van der Waals surface area contributed by atoms with Gasteiger partial charge in [0, 0.05) is 18.3 Å². The number of rotatable bonds is 4. The molecular formula is C27H42O4. The first-order chi connectivity index (χ1) is 14.7. The van der Waals surface area contributed by atoms with Gasteiger partial charge in [0.15, 0.2) is 5.79 Å². The van der Waals surface area contributed by atoms with Gasteiger partial charge in [0.05, 0.1) is 19.8 Å². The minimum atomic E-state index is -0.389. The summed E-state index contributed by atoms with van der Waals surface area (Å²) in [4.78, 5) is 12.1. The summed E-state index contributed by atoms with van der Waals surface area (Å²) in [7, 11) is 0. The highest BCUT2D eigenvalue weighted by Crippen LogP contribution is 2.78. The van der Waals surface area contributed by atoms with Crippen LogP contribution >= 0.6 is 0 Å². The number of ether oxygens (including phenoxy) is 3. The Kier molecular flexibility index (Phi) is 5.00. The van der Waals surface area contributed by atoms with Crippen LogP contribution < -0.4 is 0 Å². The van der Waals surface area contributed by atoms with Crippen molar-refractivity contribution < 1.29 is 19.0 Å². The van der Waals surface area contributed by atoms with Crippen molar-refractivity contribution >= 4 is 5.97 Å². The van der Waals surface area contributed by atoms with Crippen LogP contribution in [0.5, 0.6) is 0 Å². The third-order valence-electron chi connectivity index (χ3n) is 10.8. The number of allylic oxidation sites excluding steroid dienone is 2. The Morgan fingerprint density at radius 3 is 2.42 bits per heavy atom. The molecule has 1 saturated heterocycles. The van der Waals surface area contributed by atoms with Gasteiger partial charge in [-0.2, -0.15) is 0 Å². The van der Waals surface area contributed by atoms with Crippen LogP contribution in [0.25, 0.3) is 0 Å². The zero-order chi connectivity index (χ0) is 22.1. The molecule has 0 bridgehead atoms. The van der Waals surface area contributed by atoms with Gasteiger partial charge in [0.25, 0.3) is 0 Å². The van der Waals surface area contributed by atoms with Crippen molar-refractivity contribution in [3.8, 4) is 0 Å². The predicted octanol–water partition coefficient (Wildman–Crippen LogP) is 6.04. The molecule has 3 saturated carbocycles. The molecule has 2 spiro atoms. The van der Waals surface area contributed by atoms with Crippen LogP contribution in [0.15, 0.2) is 11.6 Å². The van der Waals surface area contributed by atoms with E-state index in [0.29, 0.717) is 30.3 Å². The molecule has 2 unspecified atom stereocenters. The van der Waals surface area contributed by atoms with Gasteiger partial charge in [-0.3, -0.25) is 4.79 Å². The normalized spacial score (nSPS) is 41.4. The van der Waals surface area contributed by atoms with Crippen molar-refractivity contribution in [3.63, 3.8) is 0 Å². The van der Waals surface area contributed by atoms with Gasteiger partial charge in [0.1, 0.15) is 0 Å². The zero-order valence-electron chi connectivity index (χ0n) is 20.4. The van der Waals surface area contributed by atoms with Crippen LogP contribution in [0.3, 0.4) is 0 Å². The quantitative estimate of drug-likeness (QED) is 0.403. The largest absolute Gasteiger partial charge is 0.466 e. The number of carbonyl (C=O) groups is 1. The highest BCUT2D eigenvalue weighted by molar-refractivity contribution is 5.69. The van der Waals surface area contributed by atoms with E-state index in [1.807, 2.05) is 6.92 Å². The number of hydrogen-bond acceptors (Lipinski definition) is 4. The second-order valence-electron chi connectivity index (χ2n) is 12.1. The lowest BCUT2D eigenvalue weighted by Crippen LogP contribution is -2.63. The average Bonchev–Trinajstić information content (AvgIpc) is 3.37. The van der Waals surface area contributed by atoms with Crippen molar-refractivity contribution in [2.24, 2.45) is 33.5 Å². The van der Waals surface area contributed by atoms with E-state index in [4.69, 9.17) is 14.2 Å². The third kappa shape index (κ3) is 2.82. The molecule has 4 aliphatic carbocycles. The summed E-state index contributed by atoms with van der Waals surface area (Å²) in [5, 5.41) is 0. The van der Waals surface area contributed by atoms with Gasteiger partial charge in [-0.25, -0.2) is 0 Å². The molecule has 5 aliphatic rings. The molecule has 5 rings (SSSR count). The minimum absolute atomic E-state index is 0.0101. The molecule has 4 heteroatoms. The predicted molar refractivity (Wildman–Crippen MR) is 120 cm³/mol. The summed E-state index contributed by atoms with van der Waals surface area (Å²) in [6.45, 7) is 13.8. The fraction of sp³-hybridized carbons (Fsp3) is 0.889. The Labute approximate surface area is 188 Å². The lowest BCUT2D eigenvalue weighted by atomic mass is 9.40. The maximum atomic E-state index is 12.1. The van der Waals surface area contributed by atoms with Crippen molar-refractivity contribution in [3.05, 3.63) is 11.6 Å². The van der Waals surface area contributed by atoms with Gasteiger partial charge in [-0.05, 0) is 80.0 Å². The summed E-state index contributed by atoms with van der Waals surface area (Å²) in [5.74, 6) is 0.789. The summed E-state index contributed by atoms with van der Waals surface area (Å²) in [6.07, 6.45) is 12.6. The standard InChI is InChI=1S/C27H42O4/c1-6-29-22(28)10-8-19-7-9-21-24(4)13-16-27(30-17-18-31-27)23(2,3)20(24)11-12-25(21,5)26(19)14-15-26/h9,19-20H,6-8,10-18H2,1-5H3/t19-,20+,24?,25?/m1/s1. The molecule has 1 aliphatic heterocycles. The number of fused-ring (bicyclic) bond motifs is 4. The van der Waals surface area contributed by atoms with Crippen LogP contribution in [-0.4, -0.2) is 31.6 Å². The van der Waals surface area contributed by atoms with Crippen molar-refractivity contribution in [2.45, 2.75) is 98.2 Å². The smallest absolute Gasteiger partial charge is 0.305 e. The van der Waals surface area contributed by atoms with Crippen LogP contribution in [-0.2, 0) is 19.0 Å². The van der Waals surface area contributed by atoms with E-state index in [0.717, 1.165) is 38.9 Å². The number of carbonyl (C=O) groups excluding carboxylic acids is 1. The summed E-state index contributed by atoms with van der Waals surface area (Å²) in [5.41, 5.74) is 2.64. The molecule has 4 nitrogen and oxygen atoms in total. The van der Waals surface area contributed by atoms with Gasteiger partial charge < -0.3 is 14.2 Å². The maximum Gasteiger partial charge on any atom is 0.305 e.